The highest BCUT2D eigenvalue weighted by Gasteiger charge is 2.25. The fourth-order valence-electron chi connectivity index (χ4n) is 2.73. The second-order valence-electron chi connectivity index (χ2n) is 6.38. The van der Waals surface area contributed by atoms with Gasteiger partial charge in [0.1, 0.15) is 0 Å². The number of aromatic nitrogens is 1. The van der Waals surface area contributed by atoms with Gasteiger partial charge in [-0.2, -0.15) is 0 Å². The van der Waals surface area contributed by atoms with Crippen LogP contribution in [-0.2, 0) is 17.8 Å². The minimum absolute atomic E-state index is 0.00619. The second kappa shape index (κ2) is 7.13. The van der Waals surface area contributed by atoms with Crippen molar-refractivity contribution in [1.29, 1.82) is 0 Å². The molecule has 1 aromatic heterocycles. The molecule has 0 saturated carbocycles. The normalized spacial score (nSPS) is 13.7. The molecule has 1 aliphatic rings. The minimum Gasteiger partial charge on any atom is -0.333 e. The van der Waals surface area contributed by atoms with Crippen LogP contribution >= 0.6 is 11.3 Å². The molecule has 0 unspecified atom stereocenters. The number of fused-ring (bicyclic) bond motifs is 1. The number of hydrogen-bond donors (Lipinski definition) is 1. The Bertz CT molecular complexity index is 740. The maximum atomic E-state index is 12.6. The molecule has 2 amide bonds. The molecule has 0 bridgehead atoms. The highest BCUT2D eigenvalue weighted by molar-refractivity contribution is 7.15. The number of nitrogens with zero attached hydrogens (tertiary/aromatic N) is 2. The zero-order valence-electron chi connectivity index (χ0n) is 13.9. The number of anilines is 1. The van der Waals surface area contributed by atoms with E-state index in [-0.39, 0.29) is 11.8 Å². The van der Waals surface area contributed by atoms with Crippen LogP contribution in [0.1, 0.15) is 41.2 Å². The Balaban J connectivity index is 1.68. The Hall–Kier alpha value is -2.21. The first-order chi connectivity index (χ1) is 11.5. The van der Waals surface area contributed by atoms with Crippen LogP contribution in [-0.4, -0.2) is 28.2 Å². The standard InChI is InChI=1S/C18H21N3O2S/c1-12(2)10-16(22)20-18-19-14-8-9-21(11-15(14)24-18)17(23)13-6-4-3-5-7-13/h3-7,12H,8-11H2,1-2H3,(H,19,20,22). The fourth-order valence-corrected chi connectivity index (χ4v) is 3.77. The van der Waals surface area contributed by atoms with Gasteiger partial charge in [-0.05, 0) is 18.1 Å². The maximum absolute atomic E-state index is 12.6. The highest BCUT2D eigenvalue weighted by atomic mass is 32.1. The van der Waals surface area contributed by atoms with E-state index in [2.05, 4.69) is 10.3 Å². The van der Waals surface area contributed by atoms with E-state index in [0.717, 1.165) is 17.0 Å². The Morgan fingerprint density at radius 3 is 2.75 bits per heavy atom. The predicted octanol–water partition coefficient (Wildman–Crippen LogP) is 3.33. The smallest absolute Gasteiger partial charge is 0.254 e. The van der Waals surface area contributed by atoms with Crippen molar-refractivity contribution in [1.82, 2.24) is 9.88 Å². The van der Waals surface area contributed by atoms with E-state index in [9.17, 15) is 9.59 Å². The molecule has 0 fully saturated rings. The number of thiazole rings is 1. The number of hydrogen-bond acceptors (Lipinski definition) is 4. The third-order valence-electron chi connectivity index (χ3n) is 3.88. The van der Waals surface area contributed by atoms with Crippen molar-refractivity contribution in [3.8, 4) is 0 Å². The number of carbonyl (C=O) groups excluding carboxylic acids is 2. The SMILES string of the molecule is CC(C)CC(=O)Nc1nc2c(s1)CN(C(=O)c1ccccc1)CC2. The largest absolute Gasteiger partial charge is 0.333 e. The van der Waals surface area contributed by atoms with Crippen LogP contribution in [0.2, 0.25) is 0 Å². The number of nitrogens with one attached hydrogen (secondary N) is 1. The van der Waals surface area contributed by atoms with E-state index in [1.54, 1.807) is 0 Å². The Kier molecular flexibility index (Phi) is 4.94. The summed E-state index contributed by atoms with van der Waals surface area (Å²) in [6.07, 6.45) is 1.22. The fraction of sp³-hybridized carbons (Fsp3) is 0.389. The van der Waals surface area contributed by atoms with Gasteiger partial charge >= 0.3 is 0 Å². The van der Waals surface area contributed by atoms with Gasteiger partial charge < -0.3 is 10.2 Å². The second-order valence-corrected chi connectivity index (χ2v) is 7.46. The number of amides is 2. The molecule has 0 saturated heterocycles. The average Bonchev–Trinajstić information content (AvgIpc) is 2.95. The van der Waals surface area contributed by atoms with Crippen molar-refractivity contribution in [2.24, 2.45) is 5.92 Å². The maximum Gasteiger partial charge on any atom is 0.254 e. The molecular formula is C18H21N3O2S. The van der Waals surface area contributed by atoms with Gasteiger partial charge in [0.25, 0.3) is 5.91 Å². The minimum atomic E-state index is -0.00619. The third-order valence-corrected chi connectivity index (χ3v) is 4.88. The molecule has 2 aromatic rings. The van der Waals surface area contributed by atoms with Crippen molar-refractivity contribution in [3.05, 3.63) is 46.5 Å². The van der Waals surface area contributed by atoms with Gasteiger partial charge in [-0.15, -0.1) is 0 Å². The van der Waals surface area contributed by atoms with E-state index >= 15 is 0 Å². The monoisotopic (exact) mass is 343 g/mol. The Morgan fingerprint density at radius 1 is 1.29 bits per heavy atom. The molecule has 1 N–H and O–H groups in total. The Morgan fingerprint density at radius 2 is 2.04 bits per heavy atom. The van der Waals surface area contributed by atoms with E-state index in [1.807, 2.05) is 49.1 Å². The summed E-state index contributed by atoms with van der Waals surface area (Å²) in [4.78, 5) is 31.9. The molecule has 5 nitrogen and oxygen atoms in total. The van der Waals surface area contributed by atoms with E-state index in [1.165, 1.54) is 11.3 Å². The van der Waals surface area contributed by atoms with Crippen LogP contribution in [0.5, 0.6) is 0 Å². The highest BCUT2D eigenvalue weighted by Crippen LogP contribution is 2.29. The van der Waals surface area contributed by atoms with E-state index < -0.39 is 0 Å². The first-order valence-corrected chi connectivity index (χ1v) is 8.97. The van der Waals surface area contributed by atoms with Gasteiger partial charge in [0.05, 0.1) is 12.2 Å². The summed E-state index contributed by atoms with van der Waals surface area (Å²) in [7, 11) is 0. The molecule has 0 radical (unpaired) electrons. The molecule has 126 valence electrons. The predicted molar refractivity (Wildman–Crippen MR) is 95.1 cm³/mol. The molecule has 0 spiro atoms. The van der Waals surface area contributed by atoms with Crippen LogP contribution in [0, 0.1) is 5.92 Å². The summed E-state index contributed by atoms with van der Waals surface area (Å²) in [5.41, 5.74) is 1.70. The lowest BCUT2D eigenvalue weighted by atomic mass is 10.1. The van der Waals surface area contributed by atoms with E-state index in [4.69, 9.17) is 0 Å². The molecular weight excluding hydrogens is 322 g/mol. The van der Waals surface area contributed by atoms with Crippen molar-refractivity contribution in [3.63, 3.8) is 0 Å². The van der Waals surface area contributed by atoms with Crippen LogP contribution in [0.15, 0.2) is 30.3 Å². The number of benzene rings is 1. The van der Waals surface area contributed by atoms with Crippen LogP contribution in [0.25, 0.3) is 0 Å². The molecule has 24 heavy (non-hydrogen) atoms. The molecule has 3 rings (SSSR count). The number of carbonyl (C=O) groups is 2. The van der Waals surface area contributed by atoms with Gasteiger partial charge in [0.15, 0.2) is 5.13 Å². The lowest BCUT2D eigenvalue weighted by molar-refractivity contribution is -0.116. The van der Waals surface area contributed by atoms with Crippen LogP contribution in [0.4, 0.5) is 5.13 Å². The zero-order valence-corrected chi connectivity index (χ0v) is 14.7. The van der Waals surface area contributed by atoms with Crippen LogP contribution in [0.3, 0.4) is 0 Å². The van der Waals surface area contributed by atoms with Gasteiger partial charge in [0.2, 0.25) is 5.91 Å². The average molecular weight is 343 g/mol. The summed E-state index contributed by atoms with van der Waals surface area (Å²) in [5.74, 6) is 0.354. The summed E-state index contributed by atoms with van der Waals surface area (Å²) in [6.45, 7) is 5.24. The molecule has 1 aliphatic heterocycles. The van der Waals surface area contributed by atoms with Crippen molar-refractivity contribution in [2.45, 2.75) is 33.2 Å². The van der Waals surface area contributed by atoms with Crippen molar-refractivity contribution in [2.75, 3.05) is 11.9 Å². The summed E-state index contributed by atoms with van der Waals surface area (Å²) >= 11 is 1.47. The van der Waals surface area contributed by atoms with Gasteiger partial charge in [0, 0.05) is 29.8 Å². The molecule has 6 heteroatoms. The van der Waals surface area contributed by atoms with Gasteiger partial charge in [-0.3, -0.25) is 9.59 Å². The summed E-state index contributed by atoms with van der Waals surface area (Å²) in [6, 6.07) is 9.32. The lowest BCUT2D eigenvalue weighted by Gasteiger charge is -2.26. The lowest BCUT2D eigenvalue weighted by Crippen LogP contribution is -2.35. The molecule has 1 aromatic carbocycles. The van der Waals surface area contributed by atoms with Gasteiger partial charge in [-0.1, -0.05) is 43.4 Å². The Labute approximate surface area is 145 Å². The molecule has 0 atom stereocenters. The number of rotatable bonds is 4. The summed E-state index contributed by atoms with van der Waals surface area (Å²) < 4.78 is 0. The first-order valence-electron chi connectivity index (χ1n) is 8.15. The quantitative estimate of drug-likeness (QED) is 0.926. The topological polar surface area (TPSA) is 62.3 Å². The van der Waals surface area contributed by atoms with E-state index in [0.29, 0.717) is 36.1 Å². The van der Waals surface area contributed by atoms with Crippen molar-refractivity contribution < 1.29 is 9.59 Å². The van der Waals surface area contributed by atoms with Crippen LogP contribution < -0.4 is 5.32 Å². The molecule has 2 heterocycles. The van der Waals surface area contributed by atoms with Crippen molar-refractivity contribution >= 4 is 28.3 Å². The first kappa shape index (κ1) is 16.6. The van der Waals surface area contributed by atoms with Gasteiger partial charge in [-0.25, -0.2) is 4.98 Å². The molecule has 0 aliphatic carbocycles. The third kappa shape index (κ3) is 3.82. The summed E-state index contributed by atoms with van der Waals surface area (Å²) in [5, 5.41) is 3.51. The zero-order chi connectivity index (χ0) is 17.1.